The molecule has 1 N–H and O–H groups in total. The van der Waals surface area contributed by atoms with Crippen molar-refractivity contribution < 1.29 is 13.2 Å². The molecule has 7 heteroatoms. The summed E-state index contributed by atoms with van der Waals surface area (Å²) >= 11 is 0. The first-order valence-corrected chi connectivity index (χ1v) is 8.04. The van der Waals surface area contributed by atoms with Crippen LogP contribution in [0.3, 0.4) is 0 Å². The van der Waals surface area contributed by atoms with Crippen LogP contribution in [0.5, 0.6) is 5.75 Å². The van der Waals surface area contributed by atoms with Crippen molar-refractivity contribution in [3.63, 3.8) is 0 Å². The lowest BCUT2D eigenvalue weighted by molar-refractivity contribution is 0.265. The Hall–Kier alpha value is -0.820. The van der Waals surface area contributed by atoms with Crippen LogP contribution in [0.25, 0.3) is 0 Å². The van der Waals surface area contributed by atoms with E-state index in [1.54, 1.807) is 18.3 Å². The minimum atomic E-state index is -3.21. The van der Waals surface area contributed by atoms with E-state index >= 15 is 0 Å². The largest absolute Gasteiger partial charge is 0.496 e. The van der Waals surface area contributed by atoms with Gasteiger partial charge in [0.25, 0.3) is 0 Å². The number of nitrogens with one attached hydrogen (secondary N) is 1. The number of nitrogens with zero attached hydrogens (tertiary/aromatic N) is 1. The summed E-state index contributed by atoms with van der Waals surface area (Å²) in [5, 5.41) is 3.25. The average molecular weight is 321 g/mol. The lowest BCUT2D eigenvalue weighted by Gasteiger charge is -2.35. The molecule has 20 heavy (non-hydrogen) atoms. The number of methoxy groups -OCH3 is 1. The van der Waals surface area contributed by atoms with E-state index in [4.69, 9.17) is 4.74 Å². The minimum Gasteiger partial charge on any atom is -0.496 e. The number of ether oxygens (including phenoxy) is 1. The Kier molecular flexibility index (Phi) is 6.26. The molecule has 1 saturated heterocycles. The molecule has 1 unspecified atom stereocenters. The van der Waals surface area contributed by atoms with Crippen molar-refractivity contribution in [3.8, 4) is 5.75 Å². The number of para-hydroxylation sites is 1. The number of hydrogen-bond acceptors (Lipinski definition) is 4. The SMILES string of the molecule is CCS(=O)(=O)N1CCNCC1c1ccccc1OC.Cl. The van der Waals surface area contributed by atoms with Crippen LogP contribution in [0.4, 0.5) is 0 Å². The fourth-order valence-electron chi connectivity index (χ4n) is 2.39. The highest BCUT2D eigenvalue weighted by molar-refractivity contribution is 7.89. The molecule has 0 spiro atoms. The zero-order chi connectivity index (χ0) is 13.9. The molecule has 0 aromatic heterocycles. The fraction of sp³-hybridized carbons (Fsp3) is 0.538. The molecule has 1 aromatic carbocycles. The summed E-state index contributed by atoms with van der Waals surface area (Å²) < 4.78 is 31.3. The second kappa shape index (κ2) is 7.26. The molecule has 1 aliphatic heterocycles. The van der Waals surface area contributed by atoms with Gasteiger partial charge < -0.3 is 10.1 Å². The Morgan fingerprint density at radius 3 is 2.75 bits per heavy atom. The maximum Gasteiger partial charge on any atom is 0.214 e. The van der Waals surface area contributed by atoms with Crippen LogP contribution < -0.4 is 10.1 Å². The summed E-state index contributed by atoms with van der Waals surface area (Å²) in [7, 11) is -1.60. The number of benzene rings is 1. The van der Waals surface area contributed by atoms with Crippen LogP contribution in [-0.4, -0.2) is 45.2 Å². The number of piperazine rings is 1. The summed E-state index contributed by atoms with van der Waals surface area (Å²) in [4.78, 5) is 0. The molecule has 0 saturated carbocycles. The van der Waals surface area contributed by atoms with E-state index in [1.165, 1.54) is 0 Å². The quantitative estimate of drug-likeness (QED) is 0.911. The third-order valence-corrected chi connectivity index (χ3v) is 5.30. The van der Waals surface area contributed by atoms with Gasteiger partial charge in [-0.05, 0) is 13.0 Å². The van der Waals surface area contributed by atoms with Crippen molar-refractivity contribution in [1.82, 2.24) is 9.62 Å². The lowest BCUT2D eigenvalue weighted by atomic mass is 10.0. The molecule has 0 radical (unpaired) electrons. The predicted molar refractivity (Wildman–Crippen MR) is 82.0 cm³/mol. The number of hydrogen-bond donors (Lipinski definition) is 1. The summed E-state index contributed by atoms with van der Waals surface area (Å²) in [6.07, 6.45) is 0. The zero-order valence-corrected chi connectivity index (χ0v) is 13.3. The van der Waals surface area contributed by atoms with Gasteiger partial charge in [0.15, 0.2) is 0 Å². The van der Waals surface area contributed by atoms with Crippen LogP contribution in [0.15, 0.2) is 24.3 Å². The number of halogens is 1. The number of sulfonamides is 1. The molecule has 1 heterocycles. The maximum atomic E-state index is 12.2. The average Bonchev–Trinajstić information content (AvgIpc) is 2.47. The molecule has 0 amide bonds. The second-order valence-electron chi connectivity index (χ2n) is 4.47. The van der Waals surface area contributed by atoms with Gasteiger partial charge in [-0.2, -0.15) is 4.31 Å². The Morgan fingerprint density at radius 1 is 1.40 bits per heavy atom. The van der Waals surface area contributed by atoms with Crippen LogP contribution in [0, 0.1) is 0 Å². The van der Waals surface area contributed by atoms with Crippen molar-refractivity contribution in [2.45, 2.75) is 13.0 Å². The topological polar surface area (TPSA) is 58.6 Å². The van der Waals surface area contributed by atoms with Crippen molar-refractivity contribution in [2.75, 3.05) is 32.5 Å². The normalized spacial score (nSPS) is 20.2. The third kappa shape index (κ3) is 3.44. The van der Waals surface area contributed by atoms with Gasteiger partial charge in [0.2, 0.25) is 10.0 Å². The van der Waals surface area contributed by atoms with E-state index in [0.29, 0.717) is 19.6 Å². The molecule has 2 rings (SSSR count). The van der Waals surface area contributed by atoms with Gasteiger partial charge in [-0.3, -0.25) is 0 Å². The monoisotopic (exact) mass is 320 g/mol. The first-order chi connectivity index (χ1) is 9.10. The van der Waals surface area contributed by atoms with E-state index in [0.717, 1.165) is 11.3 Å². The molecule has 1 atom stereocenters. The van der Waals surface area contributed by atoms with E-state index < -0.39 is 10.0 Å². The Labute approximate surface area is 126 Å². The van der Waals surface area contributed by atoms with Gasteiger partial charge >= 0.3 is 0 Å². The van der Waals surface area contributed by atoms with Gasteiger partial charge in [-0.1, -0.05) is 18.2 Å². The van der Waals surface area contributed by atoms with Crippen molar-refractivity contribution >= 4 is 22.4 Å². The molecule has 0 bridgehead atoms. The van der Waals surface area contributed by atoms with Crippen LogP contribution in [-0.2, 0) is 10.0 Å². The maximum absolute atomic E-state index is 12.2. The van der Waals surface area contributed by atoms with Crippen molar-refractivity contribution in [1.29, 1.82) is 0 Å². The Morgan fingerprint density at radius 2 is 2.10 bits per heavy atom. The molecule has 1 fully saturated rings. The van der Waals surface area contributed by atoms with E-state index in [9.17, 15) is 8.42 Å². The lowest BCUT2D eigenvalue weighted by Crippen LogP contribution is -2.49. The molecular formula is C13H21ClN2O3S. The highest BCUT2D eigenvalue weighted by atomic mass is 35.5. The van der Waals surface area contributed by atoms with Crippen LogP contribution in [0.2, 0.25) is 0 Å². The van der Waals surface area contributed by atoms with E-state index in [-0.39, 0.29) is 24.2 Å². The van der Waals surface area contributed by atoms with Crippen LogP contribution in [0.1, 0.15) is 18.5 Å². The van der Waals surface area contributed by atoms with Crippen molar-refractivity contribution in [2.24, 2.45) is 0 Å². The summed E-state index contributed by atoms with van der Waals surface area (Å²) in [6.45, 7) is 3.47. The molecule has 0 aliphatic carbocycles. The Balaban J connectivity index is 0.00000200. The van der Waals surface area contributed by atoms with E-state index in [2.05, 4.69) is 5.32 Å². The predicted octanol–water partition coefficient (Wildman–Crippen LogP) is 1.41. The third-order valence-electron chi connectivity index (χ3n) is 3.41. The van der Waals surface area contributed by atoms with Gasteiger partial charge in [0.1, 0.15) is 5.75 Å². The van der Waals surface area contributed by atoms with Gasteiger partial charge in [-0.15, -0.1) is 12.4 Å². The molecule has 1 aromatic rings. The smallest absolute Gasteiger partial charge is 0.214 e. The van der Waals surface area contributed by atoms with Gasteiger partial charge in [-0.25, -0.2) is 8.42 Å². The van der Waals surface area contributed by atoms with Crippen LogP contribution >= 0.6 is 12.4 Å². The second-order valence-corrected chi connectivity index (χ2v) is 6.68. The molecule has 1 aliphatic rings. The molecule has 5 nitrogen and oxygen atoms in total. The summed E-state index contributed by atoms with van der Waals surface area (Å²) in [6, 6.07) is 7.38. The molecular weight excluding hydrogens is 300 g/mol. The fourth-order valence-corrected chi connectivity index (χ4v) is 3.67. The summed E-state index contributed by atoms with van der Waals surface area (Å²) in [5.41, 5.74) is 0.911. The molecule has 114 valence electrons. The zero-order valence-electron chi connectivity index (χ0n) is 11.7. The highest BCUT2D eigenvalue weighted by Crippen LogP contribution is 2.31. The van der Waals surface area contributed by atoms with E-state index in [1.807, 2.05) is 24.3 Å². The minimum absolute atomic E-state index is 0. The Bertz CT molecular complexity index is 536. The standard InChI is InChI=1S/C13H20N2O3S.ClH/c1-3-19(16,17)15-9-8-14-10-12(15)11-6-4-5-7-13(11)18-2;/h4-7,12,14H,3,8-10H2,1-2H3;1H. The first-order valence-electron chi connectivity index (χ1n) is 6.43. The van der Waals surface area contributed by atoms with Gasteiger partial charge in [0.05, 0.1) is 18.9 Å². The summed E-state index contributed by atoms with van der Waals surface area (Å²) in [5.74, 6) is 0.853. The van der Waals surface area contributed by atoms with Crippen molar-refractivity contribution in [3.05, 3.63) is 29.8 Å². The first kappa shape index (κ1) is 17.2. The highest BCUT2D eigenvalue weighted by Gasteiger charge is 2.33. The number of rotatable bonds is 4. The van der Waals surface area contributed by atoms with Gasteiger partial charge in [0, 0.05) is 25.2 Å².